The first kappa shape index (κ1) is 35.9. The molecule has 1 aromatic heterocycles. The van der Waals surface area contributed by atoms with Gasteiger partial charge < -0.3 is 14.2 Å². The number of carbonyl (C=O) groups is 1. The highest BCUT2D eigenvalue weighted by Gasteiger charge is 2.34. The van der Waals surface area contributed by atoms with Crippen LogP contribution in [0.2, 0.25) is 5.02 Å². The Balaban J connectivity index is 1.21. The number of alkyl halides is 3. The maximum absolute atomic E-state index is 13.8. The molecule has 1 amide bonds. The van der Waals surface area contributed by atoms with E-state index in [1.165, 1.54) is 6.07 Å². The van der Waals surface area contributed by atoms with Crippen LogP contribution in [0.25, 0.3) is 10.9 Å². The molecule has 1 fully saturated rings. The van der Waals surface area contributed by atoms with Gasteiger partial charge in [0.05, 0.1) is 22.7 Å². The van der Waals surface area contributed by atoms with Gasteiger partial charge in [-0.2, -0.15) is 24.9 Å². The first-order valence-electron chi connectivity index (χ1n) is 16.9. The first-order valence-corrected chi connectivity index (χ1v) is 18.5. The van der Waals surface area contributed by atoms with E-state index in [-0.39, 0.29) is 36.0 Å². The second-order valence-electron chi connectivity index (χ2n) is 12.7. The van der Waals surface area contributed by atoms with E-state index in [2.05, 4.69) is 36.1 Å². The number of halogens is 4. The molecule has 0 saturated carbocycles. The van der Waals surface area contributed by atoms with Crippen molar-refractivity contribution in [3.63, 3.8) is 0 Å². The largest absolute Gasteiger partial charge is 0.493 e. The molecule has 0 spiro atoms. The molecule has 4 aromatic carbocycles. The highest BCUT2D eigenvalue weighted by atomic mass is 35.5. The Morgan fingerprint density at radius 2 is 1.56 bits per heavy atom. The van der Waals surface area contributed by atoms with Crippen molar-refractivity contribution in [2.75, 3.05) is 37.7 Å². The number of aromatic nitrogens is 1. The third kappa shape index (κ3) is 8.68. The number of hydrogen-bond donors (Lipinski definition) is 0. The third-order valence-corrected chi connectivity index (χ3v) is 10.8. The lowest BCUT2D eigenvalue weighted by molar-refractivity contribution is -0.137. The van der Waals surface area contributed by atoms with E-state index in [9.17, 15) is 18.0 Å². The van der Waals surface area contributed by atoms with Crippen LogP contribution in [0.5, 0.6) is 5.75 Å². The predicted molar refractivity (Wildman–Crippen MR) is 197 cm³/mol. The van der Waals surface area contributed by atoms with Gasteiger partial charge in [0.15, 0.2) is 0 Å². The van der Waals surface area contributed by atoms with Gasteiger partial charge in [-0.1, -0.05) is 90.5 Å². The molecule has 1 saturated heterocycles. The molecule has 0 radical (unpaired) electrons. The molecule has 1 aliphatic rings. The minimum Gasteiger partial charge on any atom is -0.493 e. The molecule has 1 aliphatic heterocycles. The van der Waals surface area contributed by atoms with Gasteiger partial charge in [-0.25, -0.2) is 0 Å². The molecular formula is C40H41ClF3N3O2S. The first-order chi connectivity index (χ1) is 24.2. The summed E-state index contributed by atoms with van der Waals surface area (Å²) in [5.41, 5.74) is 2.78. The van der Waals surface area contributed by atoms with Crippen LogP contribution >= 0.6 is 23.4 Å². The van der Waals surface area contributed by atoms with Crippen LogP contribution < -0.4 is 4.74 Å². The molecule has 0 aliphatic carbocycles. The fourth-order valence-corrected chi connectivity index (χ4v) is 7.78. The molecule has 262 valence electrons. The van der Waals surface area contributed by atoms with E-state index in [0.717, 1.165) is 58.4 Å². The van der Waals surface area contributed by atoms with Gasteiger partial charge in [0.1, 0.15) is 12.3 Å². The van der Waals surface area contributed by atoms with E-state index in [0.29, 0.717) is 25.1 Å². The van der Waals surface area contributed by atoms with E-state index in [1.807, 2.05) is 88.1 Å². The molecule has 2 heterocycles. The molecular weight excluding hydrogens is 679 g/mol. The number of thioether (sulfide) groups is 1. The lowest BCUT2D eigenvalue weighted by atomic mass is 9.90. The number of carbonyl (C=O) groups excluding carboxylic acids is 1. The zero-order chi connectivity index (χ0) is 35.1. The zero-order valence-corrected chi connectivity index (χ0v) is 29.6. The van der Waals surface area contributed by atoms with Crippen LogP contribution in [0.15, 0.2) is 109 Å². The minimum atomic E-state index is -4.55. The molecule has 1 atom stereocenters. The topological polar surface area (TPSA) is 37.7 Å². The van der Waals surface area contributed by atoms with Crippen LogP contribution in [0, 0.1) is 0 Å². The number of fused-ring (bicyclic) bond motifs is 1. The van der Waals surface area contributed by atoms with Gasteiger partial charge in [0.25, 0.3) is 0 Å². The summed E-state index contributed by atoms with van der Waals surface area (Å²) in [5, 5.41) is 0.668. The Morgan fingerprint density at radius 3 is 2.22 bits per heavy atom. The summed E-state index contributed by atoms with van der Waals surface area (Å²) >= 11 is 8.31. The summed E-state index contributed by atoms with van der Waals surface area (Å²) in [4.78, 5) is 17.1. The Bertz CT molecular complexity index is 1820. The van der Waals surface area contributed by atoms with Crippen molar-refractivity contribution in [2.24, 2.45) is 0 Å². The van der Waals surface area contributed by atoms with Crippen LogP contribution in [0.4, 0.5) is 13.2 Å². The highest BCUT2D eigenvalue weighted by molar-refractivity contribution is 7.99. The Labute approximate surface area is 301 Å². The standard InChI is InChI=1S/C40H41ClF3N3O2S/c1-29(19-23-49-37-17-9-16-36-33(37)18-20-46(36)28-38(48)45-21-24-50-25-22-45)47(26-32-14-8-15-35(39(32)41)40(42,43)44)27-34(30-10-4-2-5-11-30)31-12-6-3-7-13-31/h2-18,20,29,34H,19,21-28H2,1H3. The zero-order valence-electron chi connectivity index (χ0n) is 28.0. The van der Waals surface area contributed by atoms with E-state index < -0.39 is 11.7 Å². The van der Waals surface area contributed by atoms with Crippen molar-refractivity contribution >= 4 is 40.2 Å². The van der Waals surface area contributed by atoms with Gasteiger partial charge >= 0.3 is 6.18 Å². The maximum Gasteiger partial charge on any atom is 0.417 e. The average Bonchev–Trinajstić information content (AvgIpc) is 3.54. The Hall–Kier alpha value is -3.92. The second kappa shape index (κ2) is 16.4. The van der Waals surface area contributed by atoms with E-state index in [1.54, 1.807) is 6.07 Å². The number of rotatable bonds is 13. The van der Waals surface area contributed by atoms with Crippen molar-refractivity contribution in [1.82, 2.24) is 14.4 Å². The summed E-state index contributed by atoms with van der Waals surface area (Å²) < 4.78 is 49.8. The van der Waals surface area contributed by atoms with Crippen LogP contribution in [-0.2, 0) is 24.1 Å². The highest BCUT2D eigenvalue weighted by Crippen LogP contribution is 2.37. The van der Waals surface area contributed by atoms with Gasteiger partial charge in [-0.3, -0.25) is 9.69 Å². The van der Waals surface area contributed by atoms with E-state index >= 15 is 0 Å². The minimum absolute atomic E-state index is 0.0229. The fraction of sp³-hybridized carbons (Fsp3) is 0.325. The summed E-state index contributed by atoms with van der Waals surface area (Å²) in [6, 6.07) is 32.3. The summed E-state index contributed by atoms with van der Waals surface area (Å²) in [7, 11) is 0. The lowest BCUT2D eigenvalue weighted by Gasteiger charge is -2.34. The molecule has 0 N–H and O–H groups in total. The summed E-state index contributed by atoms with van der Waals surface area (Å²) in [6.07, 6.45) is -1.99. The number of hydrogen-bond acceptors (Lipinski definition) is 4. The van der Waals surface area contributed by atoms with Gasteiger partial charge in [-0.05, 0) is 54.3 Å². The normalized spacial score (nSPS) is 14.4. The molecule has 5 aromatic rings. The van der Waals surface area contributed by atoms with Crippen molar-refractivity contribution in [1.29, 1.82) is 0 Å². The SMILES string of the molecule is CC(CCOc1cccc2c1ccn2CC(=O)N1CCSCC1)N(Cc1cccc(C(F)(F)F)c1Cl)CC(c1ccccc1)c1ccccc1. The van der Waals surface area contributed by atoms with Crippen LogP contribution in [0.3, 0.4) is 0 Å². The predicted octanol–water partition coefficient (Wildman–Crippen LogP) is 9.38. The number of benzene rings is 4. The molecule has 1 unspecified atom stereocenters. The lowest BCUT2D eigenvalue weighted by Crippen LogP contribution is -2.39. The summed E-state index contributed by atoms with van der Waals surface area (Å²) in [6.45, 7) is 5.12. The van der Waals surface area contributed by atoms with Gasteiger partial charge in [0.2, 0.25) is 5.91 Å². The van der Waals surface area contributed by atoms with Crippen molar-refractivity contribution in [3.05, 3.63) is 137 Å². The smallest absolute Gasteiger partial charge is 0.417 e. The van der Waals surface area contributed by atoms with Crippen molar-refractivity contribution in [2.45, 2.75) is 44.6 Å². The molecule has 5 nitrogen and oxygen atoms in total. The monoisotopic (exact) mass is 719 g/mol. The van der Waals surface area contributed by atoms with Crippen LogP contribution in [0.1, 0.15) is 41.5 Å². The summed E-state index contributed by atoms with van der Waals surface area (Å²) in [5.74, 6) is 2.77. The Kier molecular flexibility index (Phi) is 11.8. The Morgan fingerprint density at radius 1 is 0.900 bits per heavy atom. The molecule has 10 heteroatoms. The second-order valence-corrected chi connectivity index (χ2v) is 14.3. The number of nitrogens with zero attached hydrogens (tertiary/aromatic N) is 3. The molecule has 50 heavy (non-hydrogen) atoms. The number of ether oxygens (including phenoxy) is 1. The average molecular weight is 720 g/mol. The third-order valence-electron chi connectivity index (χ3n) is 9.44. The van der Waals surface area contributed by atoms with Crippen LogP contribution in [-0.4, -0.2) is 64.1 Å². The van der Waals surface area contributed by atoms with Crippen molar-refractivity contribution in [3.8, 4) is 5.75 Å². The molecule has 6 rings (SSSR count). The number of amides is 1. The molecule has 0 bridgehead atoms. The van der Waals surface area contributed by atoms with E-state index in [4.69, 9.17) is 16.3 Å². The fourth-order valence-electron chi connectivity index (χ4n) is 6.59. The maximum atomic E-state index is 13.8. The quantitative estimate of drug-likeness (QED) is 0.122. The van der Waals surface area contributed by atoms with Crippen molar-refractivity contribution < 1.29 is 22.7 Å². The van der Waals surface area contributed by atoms with Gasteiger partial charge in [-0.15, -0.1) is 0 Å². The van der Waals surface area contributed by atoms with Gasteiger partial charge in [0, 0.05) is 61.2 Å².